The first-order valence-electron chi connectivity index (χ1n) is 5.81. The van der Waals surface area contributed by atoms with Crippen LogP contribution < -0.4 is 11.1 Å². The van der Waals surface area contributed by atoms with E-state index in [1.165, 1.54) is 30.3 Å². The van der Waals surface area contributed by atoms with Crippen molar-refractivity contribution in [3.63, 3.8) is 0 Å². The molecule has 7 heteroatoms. The SMILES string of the molecule is Nc1ccc(Cl)c(C(=O)Nc2cccc(C(F)(F)F)c2)c1. The molecule has 2 rings (SSSR count). The number of nitrogens with two attached hydrogens (primary N) is 1. The molecule has 2 aromatic rings. The van der Waals surface area contributed by atoms with Crippen LogP contribution in [0.4, 0.5) is 24.5 Å². The van der Waals surface area contributed by atoms with Crippen LogP contribution in [0.25, 0.3) is 0 Å². The van der Waals surface area contributed by atoms with Crippen LogP contribution in [0.2, 0.25) is 5.02 Å². The predicted molar refractivity (Wildman–Crippen MR) is 75.3 cm³/mol. The van der Waals surface area contributed by atoms with Gasteiger partial charge in [-0.15, -0.1) is 0 Å². The molecule has 3 N–H and O–H groups in total. The average molecular weight is 315 g/mol. The minimum atomic E-state index is -4.48. The van der Waals surface area contributed by atoms with E-state index in [0.29, 0.717) is 5.69 Å². The van der Waals surface area contributed by atoms with Crippen LogP contribution in [0.3, 0.4) is 0 Å². The summed E-state index contributed by atoms with van der Waals surface area (Å²) in [5.41, 5.74) is 5.15. The molecule has 0 aromatic heterocycles. The molecule has 2 aromatic carbocycles. The van der Waals surface area contributed by atoms with Gasteiger partial charge in [0.05, 0.1) is 16.1 Å². The molecule has 0 aliphatic rings. The van der Waals surface area contributed by atoms with Crippen molar-refractivity contribution in [2.45, 2.75) is 6.18 Å². The lowest BCUT2D eigenvalue weighted by Gasteiger charge is -2.10. The molecule has 0 atom stereocenters. The summed E-state index contributed by atoms with van der Waals surface area (Å²) in [7, 11) is 0. The molecule has 21 heavy (non-hydrogen) atoms. The van der Waals surface area contributed by atoms with Crippen molar-refractivity contribution in [1.82, 2.24) is 0 Å². The highest BCUT2D eigenvalue weighted by atomic mass is 35.5. The molecule has 0 unspecified atom stereocenters. The van der Waals surface area contributed by atoms with E-state index in [0.717, 1.165) is 12.1 Å². The summed E-state index contributed by atoms with van der Waals surface area (Å²) in [5.74, 6) is -0.633. The van der Waals surface area contributed by atoms with Gasteiger partial charge in [0.2, 0.25) is 0 Å². The average Bonchev–Trinajstić information content (AvgIpc) is 2.41. The summed E-state index contributed by atoms with van der Waals surface area (Å²) in [6, 6.07) is 8.64. The van der Waals surface area contributed by atoms with Gasteiger partial charge in [0.15, 0.2) is 0 Å². The van der Waals surface area contributed by atoms with Gasteiger partial charge in [-0.1, -0.05) is 17.7 Å². The molecule has 0 aliphatic carbocycles. The maximum Gasteiger partial charge on any atom is 0.416 e. The zero-order valence-electron chi connectivity index (χ0n) is 10.5. The first-order chi connectivity index (χ1) is 9.77. The Hall–Kier alpha value is -2.21. The monoisotopic (exact) mass is 314 g/mol. The molecule has 3 nitrogen and oxygen atoms in total. The van der Waals surface area contributed by atoms with E-state index in [9.17, 15) is 18.0 Å². The molecule has 0 saturated carbocycles. The number of amides is 1. The summed E-state index contributed by atoms with van der Waals surface area (Å²) in [6.07, 6.45) is -4.48. The summed E-state index contributed by atoms with van der Waals surface area (Å²) in [5, 5.41) is 2.52. The number of anilines is 2. The molecule has 0 heterocycles. The normalized spacial score (nSPS) is 11.2. The molecular formula is C14H10ClF3N2O. The Kier molecular flexibility index (Phi) is 4.09. The van der Waals surface area contributed by atoms with Gasteiger partial charge in [-0.3, -0.25) is 4.79 Å². The van der Waals surface area contributed by atoms with Crippen LogP contribution in [-0.4, -0.2) is 5.91 Å². The van der Waals surface area contributed by atoms with Crippen LogP contribution in [0.15, 0.2) is 42.5 Å². The number of carbonyl (C=O) groups is 1. The van der Waals surface area contributed by atoms with Gasteiger partial charge >= 0.3 is 6.18 Å². The van der Waals surface area contributed by atoms with Crippen LogP contribution in [0.1, 0.15) is 15.9 Å². The second-order valence-corrected chi connectivity index (χ2v) is 4.68. The Labute approximate surface area is 123 Å². The van der Waals surface area contributed by atoms with E-state index in [2.05, 4.69) is 5.32 Å². The Bertz CT molecular complexity index is 686. The van der Waals surface area contributed by atoms with Crippen LogP contribution in [-0.2, 0) is 6.18 Å². The van der Waals surface area contributed by atoms with Gasteiger partial charge in [0, 0.05) is 11.4 Å². The quantitative estimate of drug-likeness (QED) is 0.816. The third-order valence-electron chi connectivity index (χ3n) is 2.68. The fourth-order valence-electron chi connectivity index (χ4n) is 1.69. The number of nitrogen functional groups attached to an aromatic ring is 1. The van der Waals surface area contributed by atoms with Gasteiger partial charge in [-0.05, 0) is 36.4 Å². The van der Waals surface area contributed by atoms with Gasteiger partial charge in [-0.25, -0.2) is 0 Å². The molecule has 0 bridgehead atoms. The molecule has 0 fully saturated rings. The smallest absolute Gasteiger partial charge is 0.399 e. The Balaban J connectivity index is 2.26. The lowest BCUT2D eigenvalue weighted by Crippen LogP contribution is -2.14. The van der Waals surface area contributed by atoms with Crippen molar-refractivity contribution >= 4 is 28.9 Å². The zero-order valence-corrected chi connectivity index (χ0v) is 11.3. The summed E-state index contributed by atoms with van der Waals surface area (Å²) in [6.45, 7) is 0. The highest BCUT2D eigenvalue weighted by molar-refractivity contribution is 6.34. The van der Waals surface area contributed by atoms with E-state index in [1.54, 1.807) is 0 Å². The van der Waals surface area contributed by atoms with Crippen molar-refractivity contribution in [3.8, 4) is 0 Å². The van der Waals surface area contributed by atoms with Gasteiger partial charge in [0.1, 0.15) is 0 Å². The minimum Gasteiger partial charge on any atom is -0.399 e. The van der Waals surface area contributed by atoms with E-state index in [4.69, 9.17) is 17.3 Å². The first-order valence-corrected chi connectivity index (χ1v) is 6.19. The predicted octanol–water partition coefficient (Wildman–Crippen LogP) is 4.19. The molecule has 0 spiro atoms. The molecule has 0 aliphatic heterocycles. The van der Waals surface area contributed by atoms with E-state index in [-0.39, 0.29) is 16.3 Å². The number of hydrogen-bond acceptors (Lipinski definition) is 2. The number of carbonyl (C=O) groups excluding carboxylic acids is 1. The highest BCUT2D eigenvalue weighted by Gasteiger charge is 2.30. The standard InChI is InChI=1S/C14H10ClF3N2O/c15-12-5-4-9(19)7-11(12)13(21)20-10-3-1-2-8(6-10)14(16,17)18/h1-7H,19H2,(H,20,21). The lowest BCUT2D eigenvalue weighted by molar-refractivity contribution is -0.137. The van der Waals surface area contributed by atoms with E-state index in [1.807, 2.05) is 0 Å². The number of alkyl halides is 3. The third kappa shape index (κ3) is 3.66. The topological polar surface area (TPSA) is 55.1 Å². The molecular weight excluding hydrogens is 305 g/mol. The van der Waals surface area contributed by atoms with Gasteiger partial charge in [0.25, 0.3) is 5.91 Å². The Morgan fingerprint density at radius 1 is 1.14 bits per heavy atom. The fourth-order valence-corrected chi connectivity index (χ4v) is 1.89. The van der Waals surface area contributed by atoms with E-state index >= 15 is 0 Å². The zero-order chi connectivity index (χ0) is 15.6. The highest BCUT2D eigenvalue weighted by Crippen LogP contribution is 2.31. The summed E-state index contributed by atoms with van der Waals surface area (Å²) in [4.78, 5) is 12.0. The summed E-state index contributed by atoms with van der Waals surface area (Å²) < 4.78 is 37.8. The van der Waals surface area contributed by atoms with Crippen molar-refractivity contribution < 1.29 is 18.0 Å². The third-order valence-corrected chi connectivity index (χ3v) is 3.01. The molecule has 110 valence electrons. The maximum atomic E-state index is 12.6. The Morgan fingerprint density at radius 2 is 1.86 bits per heavy atom. The fraction of sp³-hybridized carbons (Fsp3) is 0.0714. The van der Waals surface area contributed by atoms with E-state index < -0.39 is 17.6 Å². The number of hydrogen-bond donors (Lipinski definition) is 2. The number of halogens is 4. The van der Waals surface area contributed by atoms with Crippen LogP contribution in [0.5, 0.6) is 0 Å². The van der Waals surface area contributed by atoms with Crippen molar-refractivity contribution in [2.75, 3.05) is 11.1 Å². The van der Waals surface area contributed by atoms with Crippen molar-refractivity contribution in [1.29, 1.82) is 0 Å². The number of nitrogens with one attached hydrogen (secondary N) is 1. The number of rotatable bonds is 2. The van der Waals surface area contributed by atoms with Gasteiger partial charge < -0.3 is 11.1 Å². The minimum absolute atomic E-state index is 0.0216. The maximum absolute atomic E-state index is 12.6. The molecule has 0 saturated heterocycles. The number of benzene rings is 2. The largest absolute Gasteiger partial charge is 0.416 e. The second-order valence-electron chi connectivity index (χ2n) is 4.27. The van der Waals surface area contributed by atoms with Crippen LogP contribution >= 0.6 is 11.6 Å². The molecule has 1 amide bonds. The summed E-state index contributed by atoms with van der Waals surface area (Å²) >= 11 is 5.86. The van der Waals surface area contributed by atoms with Crippen molar-refractivity contribution in [3.05, 3.63) is 58.6 Å². The Morgan fingerprint density at radius 3 is 2.52 bits per heavy atom. The molecule has 0 radical (unpaired) electrons. The first kappa shape index (κ1) is 15.2. The second kappa shape index (κ2) is 5.65. The van der Waals surface area contributed by atoms with Gasteiger partial charge in [-0.2, -0.15) is 13.2 Å². The van der Waals surface area contributed by atoms with Crippen molar-refractivity contribution in [2.24, 2.45) is 0 Å². The lowest BCUT2D eigenvalue weighted by atomic mass is 10.1. The van der Waals surface area contributed by atoms with Crippen LogP contribution in [0, 0.1) is 0 Å².